The molecule has 0 aliphatic heterocycles. The fourth-order valence-corrected chi connectivity index (χ4v) is 2.68. The average Bonchev–Trinajstić information content (AvgIpc) is 2.67. The molecule has 30 heavy (non-hydrogen) atoms. The fourth-order valence-electron chi connectivity index (χ4n) is 2.47. The number of halogens is 1. The van der Waals surface area contributed by atoms with Crippen LogP contribution in [0.5, 0.6) is 17.4 Å². The number of carbonyl (C=O) groups excluding carboxylic acids is 2. The second kappa shape index (κ2) is 9.10. The second-order valence-electron chi connectivity index (χ2n) is 5.91. The highest BCUT2D eigenvalue weighted by Crippen LogP contribution is 2.25. The van der Waals surface area contributed by atoms with E-state index in [1.807, 2.05) is 0 Å². The lowest BCUT2D eigenvalue weighted by Crippen LogP contribution is -2.04. The lowest BCUT2D eigenvalue weighted by Gasteiger charge is -2.05. The average molecular weight is 427 g/mol. The van der Waals surface area contributed by atoms with E-state index in [1.165, 1.54) is 26.5 Å². The van der Waals surface area contributed by atoms with Gasteiger partial charge >= 0.3 is 11.9 Å². The number of fused-ring (bicyclic) bond motifs is 2. The van der Waals surface area contributed by atoms with Crippen LogP contribution in [0.4, 0.5) is 0 Å². The van der Waals surface area contributed by atoms with Gasteiger partial charge in [-0.25, -0.2) is 19.9 Å². The first-order valence-electron chi connectivity index (χ1n) is 8.54. The smallest absolute Gasteiger partial charge is 0.309 e. The molecule has 0 bridgehead atoms. The molecule has 0 radical (unpaired) electrons. The zero-order valence-electron chi connectivity index (χ0n) is 15.9. The van der Waals surface area contributed by atoms with Crippen LogP contribution in [0.3, 0.4) is 0 Å². The minimum atomic E-state index is -0.459. The molecule has 2 aromatic carbocycles. The Balaban J connectivity index is 0.000000184. The van der Waals surface area contributed by atoms with E-state index in [0.717, 1.165) is 5.39 Å². The molecular weight excluding hydrogens is 412 g/mol. The van der Waals surface area contributed by atoms with E-state index >= 15 is 0 Å². The summed E-state index contributed by atoms with van der Waals surface area (Å²) in [7, 11) is 0. The number of benzene rings is 2. The lowest BCUT2D eigenvalue weighted by atomic mass is 10.2. The van der Waals surface area contributed by atoms with Crippen LogP contribution in [-0.4, -0.2) is 37.0 Å². The van der Waals surface area contributed by atoms with Crippen molar-refractivity contribution in [1.82, 2.24) is 19.9 Å². The van der Waals surface area contributed by atoms with Crippen LogP contribution >= 0.6 is 11.6 Å². The van der Waals surface area contributed by atoms with Crippen LogP contribution < -0.4 is 9.47 Å². The van der Waals surface area contributed by atoms with Gasteiger partial charge in [0.05, 0.1) is 16.4 Å². The van der Waals surface area contributed by atoms with Gasteiger partial charge in [0.1, 0.15) is 29.3 Å². The predicted octanol–water partition coefficient (Wildman–Crippen LogP) is 3.47. The van der Waals surface area contributed by atoms with E-state index in [-0.39, 0.29) is 11.6 Å². The minimum absolute atomic E-state index is 0.178. The van der Waals surface area contributed by atoms with Crippen LogP contribution in [0.2, 0.25) is 5.15 Å². The van der Waals surface area contributed by atoms with Gasteiger partial charge in [0.25, 0.3) is 0 Å². The summed E-state index contributed by atoms with van der Waals surface area (Å²) in [5, 5.41) is 10.8. The third-order valence-electron chi connectivity index (χ3n) is 3.64. The highest BCUT2D eigenvalue weighted by molar-refractivity contribution is 6.34. The third-order valence-corrected chi connectivity index (χ3v) is 3.95. The first kappa shape index (κ1) is 20.9. The summed E-state index contributed by atoms with van der Waals surface area (Å²) < 4.78 is 9.89. The molecule has 10 heteroatoms. The Labute approximate surface area is 175 Å². The molecule has 0 spiro atoms. The summed E-state index contributed by atoms with van der Waals surface area (Å²) in [6.07, 6.45) is 2.64. The molecular formula is C20H15ClN4O5. The molecule has 0 amide bonds. The van der Waals surface area contributed by atoms with Gasteiger partial charge in [-0.1, -0.05) is 11.6 Å². The van der Waals surface area contributed by atoms with Gasteiger partial charge in [-0.05, 0) is 24.3 Å². The first-order valence-corrected chi connectivity index (χ1v) is 8.92. The van der Waals surface area contributed by atoms with Crippen molar-refractivity contribution in [1.29, 1.82) is 0 Å². The fraction of sp³-hybridized carbons (Fsp3) is 0.100. The van der Waals surface area contributed by atoms with Crippen molar-refractivity contribution in [3.05, 3.63) is 54.2 Å². The van der Waals surface area contributed by atoms with Gasteiger partial charge in [-0.2, -0.15) is 0 Å². The zero-order chi connectivity index (χ0) is 21.7. The van der Waals surface area contributed by atoms with Crippen LogP contribution in [-0.2, 0) is 9.59 Å². The van der Waals surface area contributed by atoms with Crippen molar-refractivity contribution in [2.24, 2.45) is 0 Å². The maximum Gasteiger partial charge on any atom is 0.309 e. The van der Waals surface area contributed by atoms with E-state index in [9.17, 15) is 9.59 Å². The molecule has 4 aromatic rings. The van der Waals surface area contributed by atoms with E-state index in [2.05, 4.69) is 19.9 Å². The predicted molar refractivity (Wildman–Crippen MR) is 108 cm³/mol. The minimum Gasteiger partial charge on any atom is -0.508 e. The van der Waals surface area contributed by atoms with Gasteiger partial charge in [0, 0.05) is 31.4 Å². The van der Waals surface area contributed by atoms with Gasteiger partial charge < -0.3 is 14.6 Å². The van der Waals surface area contributed by atoms with Crippen molar-refractivity contribution in [2.45, 2.75) is 13.8 Å². The quantitative estimate of drug-likeness (QED) is 0.291. The Morgan fingerprint density at radius 3 is 2.17 bits per heavy atom. The van der Waals surface area contributed by atoms with Crippen LogP contribution in [0.15, 0.2) is 49.1 Å². The summed E-state index contributed by atoms with van der Waals surface area (Å²) in [6, 6.07) is 9.57. The number of phenolic OH excluding ortho intramolecular Hbond substituents is 1. The normalized spacial score (nSPS) is 10.2. The molecule has 0 aliphatic rings. The Morgan fingerprint density at radius 2 is 1.47 bits per heavy atom. The third kappa shape index (κ3) is 5.15. The molecule has 0 saturated carbocycles. The van der Waals surface area contributed by atoms with Crippen molar-refractivity contribution in [3.63, 3.8) is 0 Å². The van der Waals surface area contributed by atoms with Crippen molar-refractivity contribution in [3.8, 4) is 17.4 Å². The molecule has 0 aliphatic carbocycles. The van der Waals surface area contributed by atoms with Crippen molar-refractivity contribution >= 4 is 45.3 Å². The molecule has 0 saturated heterocycles. The first-order chi connectivity index (χ1) is 14.3. The van der Waals surface area contributed by atoms with E-state index in [4.69, 9.17) is 26.2 Å². The van der Waals surface area contributed by atoms with Crippen LogP contribution in [0.1, 0.15) is 13.8 Å². The maximum atomic E-state index is 10.9. The molecule has 0 atom stereocenters. The monoisotopic (exact) mass is 426 g/mol. The Hall–Kier alpha value is -3.85. The highest BCUT2D eigenvalue weighted by atomic mass is 35.5. The Bertz CT molecular complexity index is 1250. The van der Waals surface area contributed by atoms with Crippen LogP contribution in [0.25, 0.3) is 21.8 Å². The molecule has 2 heterocycles. The van der Waals surface area contributed by atoms with Crippen molar-refractivity contribution < 1.29 is 24.2 Å². The number of rotatable bonds is 2. The van der Waals surface area contributed by atoms with Gasteiger partial charge in [-0.3, -0.25) is 9.59 Å². The molecule has 0 unspecified atom stereocenters. The number of hydrogen-bond donors (Lipinski definition) is 1. The van der Waals surface area contributed by atoms with E-state index in [0.29, 0.717) is 27.3 Å². The van der Waals surface area contributed by atoms with Crippen molar-refractivity contribution in [2.75, 3.05) is 0 Å². The maximum absolute atomic E-state index is 10.9. The number of carbonyl (C=O) groups is 2. The summed E-state index contributed by atoms with van der Waals surface area (Å²) >= 11 is 5.78. The number of hydrogen-bond acceptors (Lipinski definition) is 9. The second-order valence-corrected chi connectivity index (χ2v) is 6.27. The topological polar surface area (TPSA) is 124 Å². The standard InChI is InChI=1S/C12H10N2O4.C8H5ClN2O/c1-7(15)17-9-3-4-10-11(5-9)13-6-14-12(10)18-8(2)16;9-8-6-2-1-5(12)3-7(6)10-4-11-8/h3-6H,1-2H3;1-4,12H. The molecule has 2 aromatic heterocycles. The molecule has 0 fully saturated rings. The number of aromatic hydroxyl groups is 1. The Kier molecular flexibility index (Phi) is 6.33. The Morgan fingerprint density at radius 1 is 0.833 bits per heavy atom. The summed E-state index contributed by atoms with van der Waals surface area (Å²) in [5.74, 6) is -0.135. The summed E-state index contributed by atoms with van der Waals surface area (Å²) in [5.41, 5.74) is 1.18. The molecule has 1 N–H and O–H groups in total. The van der Waals surface area contributed by atoms with Gasteiger partial charge in [0.15, 0.2) is 0 Å². The molecule has 152 valence electrons. The van der Waals surface area contributed by atoms with E-state index in [1.54, 1.807) is 36.4 Å². The lowest BCUT2D eigenvalue weighted by molar-refractivity contribution is -0.132. The van der Waals surface area contributed by atoms with Gasteiger partial charge in [0.2, 0.25) is 5.88 Å². The number of phenols is 1. The van der Waals surface area contributed by atoms with Gasteiger partial charge in [-0.15, -0.1) is 0 Å². The molecule has 9 nitrogen and oxygen atoms in total. The number of nitrogens with zero attached hydrogens (tertiary/aromatic N) is 4. The van der Waals surface area contributed by atoms with E-state index < -0.39 is 11.9 Å². The number of ether oxygens (including phenoxy) is 2. The SMILES string of the molecule is CC(=O)Oc1ccc2c(OC(C)=O)ncnc2c1.Oc1ccc2c(Cl)ncnc2c1. The number of esters is 2. The number of aromatic nitrogens is 4. The summed E-state index contributed by atoms with van der Waals surface area (Å²) in [4.78, 5) is 37.4. The highest BCUT2D eigenvalue weighted by Gasteiger charge is 2.09. The summed E-state index contributed by atoms with van der Waals surface area (Å²) in [6.45, 7) is 2.61. The van der Waals surface area contributed by atoms with Crippen LogP contribution in [0, 0.1) is 0 Å². The largest absolute Gasteiger partial charge is 0.508 e. The molecule has 4 rings (SSSR count). The zero-order valence-corrected chi connectivity index (χ0v) is 16.6.